The molecule has 0 aromatic heterocycles. The normalized spacial score (nSPS) is 10.4. The standard InChI is InChI=1S/2C10H14/c1-8(2)10-6-4-5-9(3)7-10;1-8(2)10-7-5-4-6-9(10)3/h2*4-8H,1-3H3. The summed E-state index contributed by atoms with van der Waals surface area (Å²) in [6, 6.07) is 17.2. The highest BCUT2D eigenvalue weighted by Gasteiger charge is 1.99. The zero-order chi connectivity index (χ0) is 15.1. The van der Waals surface area contributed by atoms with Gasteiger partial charge in [-0.3, -0.25) is 0 Å². The molecule has 0 aliphatic heterocycles. The molecule has 0 N–H and O–H groups in total. The number of hydrogen-bond acceptors (Lipinski definition) is 0. The first-order valence-corrected chi connectivity index (χ1v) is 7.54. The molecule has 0 heteroatoms. The SMILES string of the molecule is Cc1cccc(C(C)C)c1.Cc1ccccc1C(C)C. The lowest BCUT2D eigenvalue weighted by atomic mass is 9.99. The van der Waals surface area contributed by atoms with Gasteiger partial charge in [-0.05, 0) is 42.4 Å². The van der Waals surface area contributed by atoms with Crippen molar-refractivity contribution in [1.82, 2.24) is 0 Å². The summed E-state index contributed by atoms with van der Waals surface area (Å²) in [4.78, 5) is 0. The molecular formula is C20H28. The fraction of sp³-hybridized carbons (Fsp3) is 0.400. The Bertz CT molecular complexity index is 521. The number of hydrogen-bond donors (Lipinski definition) is 0. The summed E-state index contributed by atoms with van der Waals surface area (Å²) in [6.45, 7) is 13.2. The number of aryl methyl sites for hydroxylation is 2. The first-order valence-electron chi connectivity index (χ1n) is 7.54. The highest BCUT2D eigenvalue weighted by atomic mass is 14.0. The van der Waals surface area contributed by atoms with Crippen molar-refractivity contribution in [3.8, 4) is 0 Å². The maximum absolute atomic E-state index is 2.24. The molecule has 0 heterocycles. The van der Waals surface area contributed by atoms with Crippen molar-refractivity contribution in [2.45, 2.75) is 53.4 Å². The van der Waals surface area contributed by atoms with Crippen LogP contribution in [0.25, 0.3) is 0 Å². The average Bonchev–Trinajstić information content (AvgIpc) is 2.39. The van der Waals surface area contributed by atoms with Crippen LogP contribution in [0.4, 0.5) is 0 Å². The fourth-order valence-corrected chi connectivity index (χ4v) is 2.26. The Morgan fingerprint density at radius 1 is 0.700 bits per heavy atom. The highest BCUT2D eigenvalue weighted by Crippen LogP contribution is 2.17. The van der Waals surface area contributed by atoms with Crippen molar-refractivity contribution in [1.29, 1.82) is 0 Å². The summed E-state index contributed by atoms with van der Waals surface area (Å²) in [5, 5.41) is 0. The van der Waals surface area contributed by atoms with Crippen LogP contribution in [-0.4, -0.2) is 0 Å². The lowest BCUT2D eigenvalue weighted by Crippen LogP contribution is -1.89. The van der Waals surface area contributed by atoms with Crippen molar-refractivity contribution in [2.24, 2.45) is 0 Å². The Morgan fingerprint density at radius 3 is 1.75 bits per heavy atom. The minimum atomic E-state index is 0.653. The minimum absolute atomic E-state index is 0.653. The predicted octanol–water partition coefficient (Wildman–Crippen LogP) is 6.24. The van der Waals surface area contributed by atoms with Gasteiger partial charge in [0, 0.05) is 0 Å². The molecule has 0 aliphatic rings. The maximum atomic E-state index is 2.24. The largest absolute Gasteiger partial charge is 0.0620 e. The van der Waals surface area contributed by atoms with Gasteiger partial charge in [0.1, 0.15) is 0 Å². The molecule has 0 bridgehead atoms. The van der Waals surface area contributed by atoms with Crippen LogP contribution in [0.5, 0.6) is 0 Å². The summed E-state index contributed by atoms with van der Waals surface area (Å²) in [6.07, 6.45) is 0. The third-order valence-electron chi connectivity index (χ3n) is 3.52. The second-order valence-corrected chi connectivity index (χ2v) is 6.08. The predicted molar refractivity (Wildman–Crippen MR) is 90.5 cm³/mol. The van der Waals surface area contributed by atoms with Crippen LogP contribution in [0, 0.1) is 13.8 Å². The third-order valence-corrected chi connectivity index (χ3v) is 3.52. The van der Waals surface area contributed by atoms with E-state index in [0.29, 0.717) is 11.8 Å². The molecule has 0 radical (unpaired) electrons. The Morgan fingerprint density at radius 2 is 1.35 bits per heavy atom. The van der Waals surface area contributed by atoms with E-state index in [1.54, 1.807) is 0 Å². The van der Waals surface area contributed by atoms with E-state index < -0.39 is 0 Å². The molecule has 0 fully saturated rings. The number of rotatable bonds is 2. The van der Waals surface area contributed by atoms with Gasteiger partial charge >= 0.3 is 0 Å². The monoisotopic (exact) mass is 268 g/mol. The van der Waals surface area contributed by atoms with E-state index in [9.17, 15) is 0 Å². The van der Waals surface area contributed by atoms with E-state index in [1.165, 1.54) is 22.3 Å². The van der Waals surface area contributed by atoms with Crippen LogP contribution in [0.1, 0.15) is 61.8 Å². The van der Waals surface area contributed by atoms with E-state index in [4.69, 9.17) is 0 Å². The molecular weight excluding hydrogens is 240 g/mol. The molecule has 2 aromatic carbocycles. The van der Waals surface area contributed by atoms with Crippen LogP contribution in [0.15, 0.2) is 48.5 Å². The quantitative estimate of drug-likeness (QED) is 0.605. The zero-order valence-electron chi connectivity index (χ0n) is 13.8. The van der Waals surface area contributed by atoms with E-state index in [-0.39, 0.29) is 0 Å². The fourth-order valence-electron chi connectivity index (χ4n) is 2.26. The average molecular weight is 268 g/mol. The highest BCUT2D eigenvalue weighted by molar-refractivity contribution is 5.28. The van der Waals surface area contributed by atoms with E-state index in [0.717, 1.165) is 0 Å². The van der Waals surface area contributed by atoms with Gasteiger partial charge in [-0.1, -0.05) is 81.8 Å². The molecule has 20 heavy (non-hydrogen) atoms. The van der Waals surface area contributed by atoms with Gasteiger partial charge in [0.05, 0.1) is 0 Å². The molecule has 108 valence electrons. The van der Waals surface area contributed by atoms with Crippen LogP contribution in [0.3, 0.4) is 0 Å². The Kier molecular flexibility index (Phi) is 6.51. The van der Waals surface area contributed by atoms with Crippen molar-refractivity contribution >= 4 is 0 Å². The molecule has 2 rings (SSSR count). The van der Waals surface area contributed by atoms with Gasteiger partial charge in [0.25, 0.3) is 0 Å². The van der Waals surface area contributed by atoms with Crippen LogP contribution in [-0.2, 0) is 0 Å². The smallest absolute Gasteiger partial charge is 0.0216 e. The summed E-state index contributed by atoms with van der Waals surface area (Å²) >= 11 is 0. The van der Waals surface area contributed by atoms with Crippen molar-refractivity contribution < 1.29 is 0 Å². The van der Waals surface area contributed by atoms with Crippen LogP contribution < -0.4 is 0 Å². The minimum Gasteiger partial charge on any atom is -0.0620 e. The lowest BCUT2D eigenvalue weighted by Gasteiger charge is -2.07. The van der Waals surface area contributed by atoms with E-state index >= 15 is 0 Å². The molecule has 2 aromatic rings. The molecule has 0 saturated carbocycles. The van der Waals surface area contributed by atoms with Crippen LogP contribution >= 0.6 is 0 Å². The van der Waals surface area contributed by atoms with Crippen molar-refractivity contribution in [2.75, 3.05) is 0 Å². The Labute approximate surface area is 124 Å². The summed E-state index contributed by atoms with van der Waals surface area (Å²) in [5.74, 6) is 1.31. The van der Waals surface area contributed by atoms with Crippen molar-refractivity contribution in [3.05, 3.63) is 70.8 Å². The second kappa shape index (κ2) is 7.89. The lowest BCUT2D eigenvalue weighted by molar-refractivity contribution is 0.856. The summed E-state index contributed by atoms with van der Waals surface area (Å²) < 4.78 is 0. The molecule has 0 atom stereocenters. The van der Waals surface area contributed by atoms with Gasteiger partial charge in [-0.15, -0.1) is 0 Å². The second-order valence-electron chi connectivity index (χ2n) is 6.08. The summed E-state index contributed by atoms with van der Waals surface area (Å²) in [7, 11) is 0. The van der Waals surface area contributed by atoms with E-state index in [1.807, 2.05) is 0 Å². The topological polar surface area (TPSA) is 0 Å². The first kappa shape index (κ1) is 16.5. The van der Waals surface area contributed by atoms with Gasteiger partial charge in [0.15, 0.2) is 0 Å². The van der Waals surface area contributed by atoms with Crippen molar-refractivity contribution in [3.63, 3.8) is 0 Å². The van der Waals surface area contributed by atoms with Gasteiger partial charge in [-0.2, -0.15) is 0 Å². The zero-order valence-corrected chi connectivity index (χ0v) is 13.8. The van der Waals surface area contributed by atoms with Gasteiger partial charge in [0.2, 0.25) is 0 Å². The molecule has 0 saturated heterocycles. The molecule has 0 nitrogen and oxygen atoms in total. The van der Waals surface area contributed by atoms with Crippen LogP contribution in [0.2, 0.25) is 0 Å². The van der Waals surface area contributed by atoms with Gasteiger partial charge in [-0.25, -0.2) is 0 Å². The molecule has 0 amide bonds. The molecule has 0 unspecified atom stereocenters. The van der Waals surface area contributed by atoms with E-state index in [2.05, 4.69) is 90.1 Å². The molecule has 0 spiro atoms. The third kappa shape index (κ3) is 5.21. The maximum Gasteiger partial charge on any atom is -0.0216 e. The Balaban J connectivity index is 0.000000200. The number of benzene rings is 2. The first-order chi connectivity index (χ1) is 9.41. The molecule has 0 aliphatic carbocycles. The van der Waals surface area contributed by atoms with Gasteiger partial charge < -0.3 is 0 Å². The Hall–Kier alpha value is -1.56. The summed E-state index contributed by atoms with van der Waals surface area (Å²) in [5.41, 5.74) is 5.64.